The highest BCUT2D eigenvalue weighted by molar-refractivity contribution is 6.04. The lowest BCUT2D eigenvalue weighted by Crippen LogP contribution is -2.15. The van der Waals surface area contributed by atoms with Gasteiger partial charge in [-0.3, -0.25) is 19.5 Å². The van der Waals surface area contributed by atoms with Crippen LogP contribution in [-0.2, 0) is 4.79 Å². The number of rotatable bonds is 5. The van der Waals surface area contributed by atoms with Crippen LogP contribution in [0.5, 0.6) is 0 Å². The van der Waals surface area contributed by atoms with Gasteiger partial charge >= 0.3 is 0 Å². The molecule has 6 heteroatoms. The molecule has 0 spiro atoms. The summed E-state index contributed by atoms with van der Waals surface area (Å²) in [7, 11) is 0. The van der Waals surface area contributed by atoms with Crippen LogP contribution < -0.4 is 10.6 Å². The SMILES string of the molecule is C=CC(=O)Nc1cccc(-n2c(NC(=O)c3cccc(C)c3)nc3cc(C)ccc32)c1. The Kier molecular flexibility index (Phi) is 5.37. The lowest BCUT2D eigenvalue weighted by molar-refractivity contribution is -0.111. The van der Waals surface area contributed by atoms with Gasteiger partial charge in [0.15, 0.2) is 0 Å². The monoisotopic (exact) mass is 410 g/mol. The molecule has 0 aliphatic heterocycles. The van der Waals surface area contributed by atoms with Gasteiger partial charge in [-0.05, 0) is 68.0 Å². The molecule has 6 nitrogen and oxygen atoms in total. The van der Waals surface area contributed by atoms with E-state index in [4.69, 9.17) is 0 Å². The first-order valence-electron chi connectivity index (χ1n) is 9.85. The normalized spacial score (nSPS) is 10.6. The molecule has 3 aromatic carbocycles. The molecular weight excluding hydrogens is 388 g/mol. The number of carbonyl (C=O) groups is 2. The number of hydrogen-bond acceptors (Lipinski definition) is 3. The highest BCUT2D eigenvalue weighted by Gasteiger charge is 2.16. The van der Waals surface area contributed by atoms with E-state index in [0.717, 1.165) is 27.8 Å². The van der Waals surface area contributed by atoms with Crippen molar-refractivity contribution < 1.29 is 9.59 Å². The Hall–Kier alpha value is -4.19. The first-order chi connectivity index (χ1) is 14.9. The van der Waals surface area contributed by atoms with E-state index in [1.165, 1.54) is 6.08 Å². The van der Waals surface area contributed by atoms with Crippen LogP contribution >= 0.6 is 0 Å². The maximum Gasteiger partial charge on any atom is 0.257 e. The summed E-state index contributed by atoms with van der Waals surface area (Å²) in [6.45, 7) is 7.42. The molecule has 0 bridgehead atoms. The van der Waals surface area contributed by atoms with Crippen molar-refractivity contribution in [3.05, 3.63) is 96.1 Å². The quantitative estimate of drug-likeness (QED) is 0.454. The fourth-order valence-electron chi connectivity index (χ4n) is 3.41. The third-order valence-electron chi connectivity index (χ3n) is 4.87. The zero-order valence-corrected chi connectivity index (χ0v) is 17.3. The number of hydrogen-bond donors (Lipinski definition) is 2. The van der Waals surface area contributed by atoms with Gasteiger partial charge in [-0.15, -0.1) is 0 Å². The van der Waals surface area contributed by atoms with Crippen molar-refractivity contribution in [1.29, 1.82) is 0 Å². The van der Waals surface area contributed by atoms with Crippen LogP contribution in [0.2, 0.25) is 0 Å². The topological polar surface area (TPSA) is 76.0 Å². The number of aryl methyl sites for hydroxylation is 2. The summed E-state index contributed by atoms with van der Waals surface area (Å²) in [5.41, 5.74) is 5.61. The van der Waals surface area contributed by atoms with Crippen LogP contribution in [0.3, 0.4) is 0 Å². The molecule has 31 heavy (non-hydrogen) atoms. The minimum absolute atomic E-state index is 0.243. The highest BCUT2D eigenvalue weighted by Crippen LogP contribution is 2.27. The average Bonchev–Trinajstić information content (AvgIpc) is 3.10. The van der Waals surface area contributed by atoms with Gasteiger partial charge in [0.05, 0.1) is 16.7 Å². The summed E-state index contributed by atoms with van der Waals surface area (Å²) < 4.78 is 1.87. The summed E-state index contributed by atoms with van der Waals surface area (Å²) >= 11 is 0. The van der Waals surface area contributed by atoms with Crippen molar-refractivity contribution >= 4 is 34.5 Å². The summed E-state index contributed by atoms with van der Waals surface area (Å²) in [5.74, 6) is -0.136. The highest BCUT2D eigenvalue weighted by atomic mass is 16.2. The lowest BCUT2D eigenvalue weighted by atomic mass is 10.1. The van der Waals surface area contributed by atoms with Gasteiger partial charge in [0, 0.05) is 11.3 Å². The molecule has 154 valence electrons. The van der Waals surface area contributed by atoms with Gasteiger partial charge < -0.3 is 5.32 Å². The Morgan fingerprint density at radius 3 is 2.48 bits per heavy atom. The Morgan fingerprint density at radius 1 is 0.935 bits per heavy atom. The standard InChI is InChI=1S/C25H22N4O2/c1-4-23(30)26-19-9-6-10-20(15-19)29-22-12-11-17(3)14-21(22)27-25(29)28-24(31)18-8-5-7-16(2)13-18/h4-15H,1H2,2-3H3,(H,26,30)(H,27,28,31). The number of fused-ring (bicyclic) bond motifs is 1. The number of anilines is 2. The van der Waals surface area contributed by atoms with E-state index >= 15 is 0 Å². The molecule has 0 fully saturated rings. The molecule has 2 N–H and O–H groups in total. The van der Waals surface area contributed by atoms with Gasteiger partial charge in [0.2, 0.25) is 11.9 Å². The van der Waals surface area contributed by atoms with Crippen LogP contribution in [-0.4, -0.2) is 21.4 Å². The molecule has 0 radical (unpaired) electrons. The van der Waals surface area contributed by atoms with Crippen LogP contribution in [0.1, 0.15) is 21.5 Å². The molecule has 0 saturated heterocycles. The van der Waals surface area contributed by atoms with Crippen molar-refractivity contribution in [3.8, 4) is 5.69 Å². The van der Waals surface area contributed by atoms with E-state index in [1.807, 2.05) is 73.0 Å². The van der Waals surface area contributed by atoms with Gasteiger partial charge in [-0.1, -0.05) is 36.4 Å². The predicted octanol–water partition coefficient (Wildman–Crippen LogP) is 5.02. The average molecular weight is 410 g/mol. The molecule has 2 amide bonds. The lowest BCUT2D eigenvalue weighted by Gasteiger charge is -2.12. The van der Waals surface area contributed by atoms with Crippen LogP contribution in [0.15, 0.2) is 79.4 Å². The summed E-state index contributed by atoms with van der Waals surface area (Å²) in [5, 5.41) is 5.71. The molecule has 1 aromatic heterocycles. The first-order valence-corrected chi connectivity index (χ1v) is 9.85. The Bertz CT molecular complexity index is 1320. The van der Waals surface area contributed by atoms with Crippen molar-refractivity contribution in [2.45, 2.75) is 13.8 Å². The number of nitrogens with zero attached hydrogens (tertiary/aromatic N) is 2. The van der Waals surface area contributed by atoms with Crippen molar-refractivity contribution in [2.75, 3.05) is 10.6 Å². The molecule has 0 atom stereocenters. The molecule has 4 rings (SSSR count). The fourth-order valence-corrected chi connectivity index (χ4v) is 3.41. The third-order valence-corrected chi connectivity index (χ3v) is 4.87. The molecule has 4 aromatic rings. The van der Waals surface area contributed by atoms with Crippen molar-refractivity contribution in [2.24, 2.45) is 0 Å². The zero-order chi connectivity index (χ0) is 22.0. The fraction of sp³-hybridized carbons (Fsp3) is 0.0800. The van der Waals surface area contributed by atoms with E-state index in [1.54, 1.807) is 12.1 Å². The number of carbonyl (C=O) groups excluding carboxylic acids is 2. The van der Waals surface area contributed by atoms with Gasteiger partial charge in [-0.2, -0.15) is 0 Å². The molecule has 0 saturated carbocycles. The van der Waals surface area contributed by atoms with Crippen LogP contribution in [0.4, 0.5) is 11.6 Å². The predicted molar refractivity (Wildman–Crippen MR) is 124 cm³/mol. The minimum Gasteiger partial charge on any atom is -0.322 e. The molecule has 0 aliphatic rings. The third kappa shape index (κ3) is 4.23. The largest absolute Gasteiger partial charge is 0.322 e. The number of aromatic nitrogens is 2. The van der Waals surface area contributed by atoms with Crippen molar-refractivity contribution in [3.63, 3.8) is 0 Å². The molecule has 1 heterocycles. The van der Waals surface area contributed by atoms with E-state index < -0.39 is 0 Å². The number of imidazole rings is 1. The second kappa shape index (κ2) is 8.28. The van der Waals surface area contributed by atoms with Gasteiger partial charge in [0.1, 0.15) is 0 Å². The Balaban J connectivity index is 1.80. The van der Waals surface area contributed by atoms with Gasteiger partial charge in [0.25, 0.3) is 5.91 Å². The second-order valence-electron chi connectivity index (χ2n) is 7.33. The van der Waals surface area contributed by atoms with Crippen molar-refractivity contribution in [1.82, 2.24) is 9.55 Å². The maximum atomic E-state index is 12.9. The molecular formula is C25H22N4O2. The maximum absolute atomic E-state index is 12.9. The summed E-state index contributed by atoms with van der Waals surface area (Å²) in [6, 6.07) is 20.7. The van der Waals surface area contributed by atoms with Gasteiger partial charge in [-0.25, -0.2) is 4.98 Å². The number of nitrogens with one attached hydrogen (secondary N) is 2. The Labute approximate surface area is 180 Å². The van der Waals surface area contributed by atoms with E-state index in [9.17, 15) is 9.59 Å². The Morgan fingerprint density at radius 2 is 1.71 bits per heavy atom. The minimum atomic E-state index is -0.295. The first kappa shape index (κ1) is 20.1. The van der Waals surface area contributed by atoms with Crippen LogP contribution in [0, 0.1) is 13.8 Å². The molecule has 0 unspecified atom stereocenters. The molecule has 0 aliphatic carbocycles. The smallest absolute Gasteiger partial charge is 0.257 e. The number of benzene rings is 3. The van der Waals surface area contributed by atoms with E-state index in [2.05, 4.69) is 22.2 Å². The van der Waals surface area contributed by atoms with Crippen LogP contribution in [0.25, 0.3) is 16.7 Å². The summed E-state index contributed by atoms with van der Waals surface area (Å²) in [4.78, 5) is 29.3. The number of amides is 2. The van der Waals surface area contributed by atoms with E-state index in [0.29, 0.717) is 17.2 Å². The second-order valence-corrected chi connectivity index (χ2v) is 7.33. The summed E-state index contributed by atoms with van der Waals surface area (Å²) in [6.07, 6.45) is 1.22. The van der Waals surface area contributed by atoms with E-state index in [-0.39, 0.29) is 11.8 Å². The zero-order valence-electron chi connectivity index (χ0n) is 17.3.